The number of methoxy groups -OCH3 is 1. The molecule has 0 aliphatic carbocycles. The van der Waals surface area contributed by atoms with Crippen molar-refractivity contribution in [2.24, 2.45) is 0 Å². The molecule has 96 valence electrons. The second kappa shape index (κ2) is 6.13. The number of benzene rings is 1. The van der Waals surface area contributed by atoms with E-state index in [4.69, 9.17) is 26.6 Å². The van der Waals surface area contributed by atoms with Crippen LogP contribution in [0.15, 0.2) is 33.7 Å². The third-order valence-corrected chi connectivity index (χ3v) is 3.61. The molecule has 0 fully saturated rings. The monoisotopic (exact) mass is 284 g/mol. The van der Waals surface area contributed by atoms with E-state index in [1.54, 1.807) is 24.9 Å². The summed E-state index contributed by atoms with van der Waals surface area (Å²) in [6, 6.07) is 7.46. The van der Waals surface area contributed by atoms with E-state index in [-0.39, 0.29) is 0 Å². The van der Waals surface area contributed by atoms with Crippen LogP contribution in [0.3, 0.4) is 0 Å². The molecule has 0 spiro atoms. The number of aromatic nitrogens is 1. The highest BCUT2D eigenvalue weighted by molar-refractivity contribution is 7.98. The second-order valence-electron chi connectivity index (χ2n) is 3.69. The Labute approximate surface area is 114 Å². The molecule has 0 bridgehead atoms. The lowest BCUT2D eigenvalue weighted by atomic mass is 10.3. The van der Waals surface area contributed by atoms with Crippen LogP contribution in [0.4, 0.5) is 5.69 Å². The predicted molar refractivity (Wildman–Crippen MR) is 72.6 cm³/mol. The summed E-state index contributed by atoms with van der Waals surface area (Å²) in [5, 5.41) is 4.53. The smallest absolute Gasteiger partial charge is 0.162 e. The fourth-order valence-electron chi connectivity index (χ4n) is 1.39. The molecule has 0 saturated heterocycles. The first-order chi connectivity index (χ1) is 8.69. The summed E-state index contributed by atoms with van der Waals surface area (Å²) >= 11 is 7.58. The van der Waals surface area contributed by atoms with Gasteiger partial charge in [-0.15, -0.1) is 11.8 Å². The van der Waals surface area contributed by atoms with Gasteiger partial charge in [-0.2, -0.15) is 0 Å². The lowest BCUT2D eigenvalue weighted by Gasteiger charge is -2.02. The standard InChI is InChI=1S/C12H13ClN2O2S/c1-16-6-9-4-8(15-17-9)7-18-10-2-3-12(14)11(13)5-10/h2-5H,6-7,14H2,1H3. The van der Waals surface area contributed by atoms with Crippen LogP contribution in [0.5, 0.6) is 0 Å². The van der Waals surface area contributed by atoms with Gasteiger partial charge in [0, 0.05) is 23.8 Å². The molecule has 0 aliphatic heterocycles. The van der Waals surface area contributed by atoms with Crippen molar-refractivity contribution >= 4 is 29.1 Å². The highest BCUT2D eigenvalue weighted by Crippen LogP contribution is 2.28. The van der Waals surface area contributed by atoms with Crippen LogP contribution in [0.25, 0.3) is 0 Å². The maximum absolute atomic E-state index is 5.95. The Morgan fingerprint density at radius 1 is 1.44 bits per heavy atom. The molecular formula is C12H13ClN2O2S. The molecular weight excluding hydrogens is 272 g/mol. The van der Waals surface area contributed by atoms with Gasteiger partial charge >= 0.3 is 0 Å². The first kappa shape index (κ1) is 13.3. The van der Waals surface area contributed by atoms with Gasteiger partial charge in [-0.1, -0.05) is 16.8 Å². The van der Waals surface area contributed by atoms with Crippen LogP contribution in [0.1, 0.15) is 11.5 Å². The minimum atomic E-state index is 0.436. The molecule has 0 atom stereocenters. The molecule has 0 saturated carbocycles. The van der Waals surface area contributed by atoms with Crippen molar-refractivity contribution < 1.29 is 9.26 Å². The van der Waals surface area contributed by atoms with E-state index in [1.807, 2.05) is 18.2 Å². The number of thioether (sulfide) groups is 1. The second-order valence-corrected chi connectivity index (χ2v) is 5.15. The highest BCUT2D eigenvalue weighted by atomic mass is 35.5. The normalized spacial score (nSPS) is 10.8. The van der Waals surface area contributed by atoms with Crippen LogP contribution < -0.4 is 5.73 Å². The minimum absolute atomic E-state index is 0.436. The van der Waals surface area contributed by atoms with Gasteiger partial charge in [-0.25, -0.2) is 0 Å². The molecule has 1 aromatic carbocycles. The summed E-state index contributed by atoms with van der Waals surface area (Å²) in [6.45, 7) is 0.436. The van der Waals surface area contributed by atoms with Gasteiger partial charge in [0.2, 0.25) is 0 Å². The maximum atomic E-state index is 5.95. The Morgan fingerprint density at radius 2 is 2.28 bits per heavy atom. The van der Waals surface area contributed by atoms with Crippen molar-refractivity contribution in [3.8, 4) is 0 Å². The third-order valence-electron chi connectivity index (χ3n) is 2.25. The molecule has 1 aromatic heterocycles. The fraction of sp³-hybridized carbons (Fsp3) is 0.250. The zero-order valence-corrected chi connectivity index (χ0v) is 11.4. The van der Waals surface area contributed by atoms with E-state index in [0.29, 0.717) is 23.1 Å². The summed E-state index contributed by atoms with van der Waals surface area (Å²) in [4.78, 5) is 1.05. The molecule has 4 nitrogen and oxygen atoms in total. The summed E-state index contributed by atoms with van der Waals surface area (Å²) in [7, 11) is 1.62. The number of halogens is 1. The summed E-state index contributed by atoms with van der Waals surface area (Å²) in [6.07, 6.45) is 0. The van der Waals surface area contributed by atoms with Gasteiger partial charge in [0.1, 0.15) is 6.61 Å². The fourth-order valence-corrected chi connectivity index (χ4v) is 2.45. The van der Waals surface area contributed by atoms with E-state index in [2.05, 4.69) is 5.16 Å². The summed E-state index contributed by atoms with van der Waals surface area (Å²) in [5.41, 5.74) is 7.11. The molecule has 1 heterocycles. The molecule has 0 amide bonds. The van der Waals surface area contributed by atoms with Crippen LogP contribution in [0, 0.1) is 0 Å². The third kappa shape index (κ3) is 3.41. The zero-order chi connectivity index (χ0) is 13.0. The van der Waals surface area contributed by atoms with Gasteiger partial charge in [0.05, 0.1) is 16.4 Å². The van der Waals surface area contributed by atoms with Crippen molar-refractivity contribution in [1.29, 1.82) is 0 Å². The first-order valence-electron chi connectivity index (χ1n) is 5.30. The van der Waals surface area contributed by atoms with Gasteiger partial charge in [-0.05, 0) is 18.2 Å². The molecule has 2 rings (SSSR count). The van der Waals surface area contributed by atoms with Crippen LogP contribution in [-0.2, 0) is 17.1 Å². The van der Waals surface area contributed by atoms with Crippen LogP contribution in [0.2, 0.25) is 5.02 Å². The number of hydrogen-bond acceptors (Lipinski definition) is 5. The molecule has 0 unspecified atom stereocenters. The maximum Gasteiger partial charge on any atom is 0.162 e. The minimum Gasteiger partial charge on any atom is -0.398 e. The number of rotatable bonds is 5. The molecule has 6 heteroatoms. The average Bonchev–Trinajstić information content (AvgIpc) is 2.79. The first-order valence-corrected chi connectivity index (χ1v) is 6.66. The number of nitrogens with two attached hydrogens (primary N) is 1. The van der Waals surface area contributed by atoms with Gasteiger partial charge in [0.15, 0.2) is 5.76 Å². The Bertz CT molecular complexity index is 531. The molecule has 0 aliphatic rings. The van der Waals surface area contributed by atoms with E-state index in [9.17, 15) is 0 Å². The Kier molecular flexibility index (Phi) is 4.52. The Morgan fingerprint density at radius 3 is 3.00 bits per heavy atom. The SMILES string of the molecule is COCc1cc(CSc2ccc(N)c(Cl)c2)no1. The van der Waals surface area contributed by atoms with E-state index in [0.717, 1.165) is 16.3 Å². The number of nitrogen functional groups attached to an aromatic ring is 1. The van der Waals surface area contributed by atoms with Crippen molar-refractivity contribution in [1.82, 2.24) is 5.16 Å². The summed E-state index contributed by atoms with van der Waals surface area (Å²) < 4.78 is 10.1. The quantitative estimate of drug-likeness (QED) is 0.674. The topological polar surface area (TPSA) is 61.3 Å². The summed E-state index contributed by atoms with van der Waals surface area (Å²) in [5.74, 6) is 1.44. The number of anilines is 1. The van der Waals surface area contributed by atoms with Gasteiger partial charge in [0.25, 0.3) is 0 Å². The molecule has 0 radical (unpaired) electrons. The highest BCUT2D eigenvalue weighted by Gasteiger charge is 2.05. The van der Waals surface area contributed by atoms with Crippen molar-refractivity contribution in [3.05, 3.63) is 40.7 Å². The van der Waals surface area contributed by atoms with Crippen LogP contribution >= 0.6 is 23.4 Å². The van der Waals surface area contributed by atoms with Crippen molar-refractivity contribution in [2.45, 2.75) is 17.3 Å². The van der Waals surface area contributed by atoms with E-state index >= 15 is 0 Å². The lowest BCUT2D eigenvalue weighted by Crippen LogP contribution is -1.86. The Hall–Kier alpha value is -1.17. The number of hydrogen-bond donors (Lipinski definition) is 1. The number of ether oxygens (including phenoxy) is 1. The largest absolute Gasteiger partial charge is 0.398 e. The van der Waals surface area contributed by atoms with Gasteiger partial charge in [-0.3, -0.25) is 0 Å². The predicted octanol–water partition coefficient (Wildman–Crippen LogP) is 3.35. The lowest BCUT2D eigenvalue weighted by molar-refractivity contribution is 0.156. The van der Waals surface area contributed by atoms with Crippen molar-refractivity contribution in [3.63, 3.8) is 0 Å². The Balaban J connectivity index is 1.95. The van der Waals surface area contributed by atoms with Crippen LogP contribution in [-0.4, -0.2) is 12.3 Å². The van der Waals surface area contributed by atoms with Crippen molar-refractivity contribution in [2.75, 3.05) is 12.8 Å². The molecule has 2 aromatic rings. The molecule has 18 heavy (non-hydrogen) atoms. The number of nitrogens with zero attached hydrogens (tertiary/aromatic N) is 1. The van der Waals surface area contributed by atoms with E-state index < -0.39 is 0 Å². The molecule has 2 N–H and O–H groups in total. The van der Waals surface area contributed by atoms with E-state index in [1.165, 1.54) is 0 Å². The average molecular weight is 285 g/mol. The van der Waals surface area contributed by atoms with Gasteiger partial charge < -0.3 is 15.0 Å². The zero-order valence-electron chi connectivity index (χ0n) is 9.85.